The number of nitrogens with two attached hydrogens (primary N) is 1. The van der Waals surface area contributed by atoms with Gasteiger partial charge in [0.2, 0.25) is 5.91 Å². The fourth-order valence-corrected chi connectivity index (χ4v) is 1.25. The molecule has 1 unspecified atom stereocenters. The monoisotopic (exact) mass is 232 g/mol. The Morgan fingerprint density at radius 3 is 2.62 bits per heavy atom. The van der Waals surface area contributed by atoms with E-state index in [1.165, 1.54) is 0 Å². The van der Waals surface area contributed by atoms with Crippen molar-refractivity contribution in [3.63, 3.8) is 0 Å². The number of hydrogen-bond donors (Lipinski definition) is 1. The maximum absolute atomic E-state index is 11.7. The van der Waals surface area contributed by atoms with Gasteiger partial charge in [-0.3, -0.25) is 4.79 Å². The summed E-state index contributed by atoms with van der Waals surface area (Å²) in [5.74, 6) is 0.335. The smallest absolute Gasteiger partial charge is 0.248 e. The van der Waals surface area contributed by atoms with E-state index in [4.69, 9.17) is 15.2 Å². The van der Waals surface area contributed by atoms with Crippen LogP contribution in [0.4, 0.5) is 0 Å². The fourth-order valence-electron chi connectivity index (χ4n) is 1.25. The van der Waals surface area contributed by atoms with Gasteiger partial charge in [0.25, 0.3) is 0 Å². The molecule has 0 fully saturated rings. The summed E-state index contributed by atoms with van der Waals surface area (Å²) < 4.78 is 10.0. The Morgan fingerprint density at radius 2 is 2.12 bits per heavy atom. The van der Waals surface area contributed by atoms with Crippen LogP contribution in [0.1, 0.15) is 13.8 Å². The van der Waals surface area contributed by atoms with Crippen molar-refractivity contribution >= 4 is 5.91 Å². The molecule has 0 aliphatic carbocycles. The third-order valence-corrected chi connectivity index (χ3v) is 2.33. The normalized spacial score (nSPS) is 12.5. The van der Waals surface area contributed by atoms with Crippen molar-refractivity contribution in [2.24, 2.45) is 11.7 Å². The van der Waals surface area contributed by atoms with E-state index in [-0.39, 0.29) is 12.5 Å². The van der Waals surface area contributed by atoms with Crippen LogP contribution in [-0.4, -0.2) is 57.4 Å². The second-order valence-corrected chi connectivity index (χ2v) is 3.82. The minimum atomic E-state index is 0.0129. The Morgan fingerprint density at radius 1 is 1.44 bits per heavy atom. The summed E-state index contributed by atoms with van der Waals surface area (Å²) in [6.07, 6.45) is 0. The Balaban J connectivity index is 3.82. The van der Waals surface area contributed by atoms with Crippen LogP contribution in [0.3, 0.4) is 0 Å². The summed E-state index contributed by atoms with van der Waals surface area (Å²) >= 11 is 0. The molecular weight excluding hydrogens is 208 g/mol. The van der Waals surface area contributed by atoms with Crippen LogP contribution in [-0.2, 0) is 14.3 Å². The number of carbonyl (C=O) groups excluding carboxylic acids is 1. The zero-order valence-electron chi connectivity index (χ0n) is 10.6. The van der Waals surface area contributed by atoms with Crippen molar-refractivity contribution < 1.29 is 14.3 Å². The summed E-state index contributed by atoms with van der Waals surface area (Å²) in [5.41, 5.74) is 5.53. The lowest BCUT2D eigenvalue weighted by Crippen LogP contribution is -2.38. The second kappa shape index (κ2) is 9.57. The Kier molecular flexibility index (Phi) is 9.18. The number of methoxy groups -OCH3 is 1. The molecular formula is C11H24N2O3. The van der Waals surface area contributed by atoms with Crippen LogP contribution >= 0.6 is 0 Å². The quantitative estimate of drug-likeness (QED) is 0.572. The van der Waals surface area contributed by atoms with E-state index < -0.39 is 0 Å². The van der Waals surface area contributed by atoms with E-state index in [0.29, 0.717) is 38.8 Å². The Labute approximate surface area is 97.9 Å². The average molecular weight is 232 g/mol. The van der Waals surface area contributed by atoms with Gasteiger partial charge in [0, 0.05) is 20.2 Å². The van der Waals surface area contributed by atoms with Gasteiger partial charge in [-0.1, -0.05) is 6.92 Å². The van der Waals surface area contributed by atoms with Gasteiger partial charge in [0.15, 0.2) is 0 Å². The maximum atomic E-state index is 11.7. The second-order valence-electron chi connectivity index (χ2n) is 3.82. The molecule has 16 heavy (non-hydrogen) atoms. The highest BCUT2D eigenvalue weighted by atomic mass is 16.5. The SMILES string of the molecule is CCN(CC(C)CN)C(=O)COCCOC. The molecule has 0 radical (unpaired) electrons. The zero-order valence-corrected chi connectivity index (χ0v) is 10.6. The third kappa shape index (κ3) is 6.76. The first-order valence-corrected chi connectivity index (χ1v) is 5.70. The molecule has 0 saturated heterocycles. The molecule has 0 rings (SSSR count). The highest BCUT2D eigenvalue weighted by Gasteiger charge is 2.13. The van der Waals surface area contributed by atoms with Crippen molar-refractivity contribution in [3.8, 4) is 0 Å². The van der Waals surface area contributed by atoms with E-state index in [9.17, 15) is 4.79 Å². The van der Waals surface area contributed by atoms with Crippen LogP contribution in [0.2, 0.25) is 0 Å². The van der Waals surface area contributed by atoms with Crippen molar-refractivity contribution in [2.45, 2.75) is 13.8 Å². The van der Waals surface area contributed by atoms with Crippen LogP contribution in [0.15, 0.2) is 0 Å². The van der Waals surface area contributed by atoms with Gasteiger partial charge in [0.05, 0.1) is 13.2 Å². The van der Waals surface area contributed by atoms with Gasteiger partial charge >= 0.3 is 0 Å². The van der Waals surface area contributed by atoms with Crippen molar-refractivity contribution in [2.75, 3.05) is 46.6 Å². The highest BCUT2D eigenvalue weighted by Crippen LogP contribution is 1.99. The van der Waals surface area contributed by atoms with E-state index >= 15 is 0 Å². The number of hydrogen-bond acceptors (Lipinski definition) is 4. The van der Waals surface area contributed by atoms with Gasteiger partial charge in [-0.2, -0.15) is 0 Å². The summed E-state index contributed by atoms with van der Waals surface area (Å²) in [7, 11) is 1.60. The maximum Gasteiger partial charge on any atom is 0.248 e. The number of carbonyl (C=O) groups is 1. The van der Waals surface area contributed by atoms with Crippen LogP contribution in [0.25, 0.3) is 0 Å². The van der Waals surface area contributed by atoms with Crippen molar-refractivity contribution in [3.05, 3.63) is 0 Å². The van der Waals surface area contributed by atoms with Crippen LogP contribution < -0.4 is 5.73 Å². The molecule has 0 bridgehead atoms. The van der Waals surface area contributed by atoms with Gasteiger partial charge in [-0.25, -0.2) is 0 Å². The average Bonchev–Trinajstić information content (AvgIpc) is 2.30. The minimum absolute atomic E-state index is 0.0129. The topological polar surface area (TPSA) is 64.8 Å². The van der Waals surface area contributed by atoms with Crippen LogP contribution in [0.5, 0.6) is 0 Å². The van der Waals surface area contributed by atoms with E-state index in [1.807, 2.05) is 13.8 Å². The molecule has 0 aliphatic heterocycles. The molecule has 5 nitrogen and oxygen atoms in total. The summed E-state index contributed by atoms with van der Waals surface area (Å²) in [4.78, 5) is 13.5. The predicted octanol–water partition coefficient (Wildman–Crippen LogP) is 0.0927. The molecule has 96 valence electrons. The van der Waals surface area contributed by atoms with Gasteiger partial charge in [0.1, 0.15) is 6.61 Å². The third-order valence-electron chi connectivity index (χ3n) is 2.33. The lowest BCUT2D eigenvalue weighted by Gasteiger charge is -2.23. The first kappa shape index (κ1) is 15.3. The predicted molar refractivity (Wildman–Crippen MR) is 63.2 cm³/mol. The molecule has 0 aliphatic rings. The minimum Gasteiger partial charge on any atom is -0.382 e. The van der Waals surface area contributed by atoms with Crippen LogP contribution in [0, 0.1) is 5.92 Å². The number of nitrogens with zero attached hydrogens (tertiary/aromatic N) is 1. The Bertz CT molecular complexity index is 188. The molecule has 0 heterocycles. The molecule has 0 aromatic rings. The van der Waals surface area contributed by atoms with E-state index in [1.54, 1.807) is 12.0 Å². The molecule has 5 heteroatoms. The van der Waals surface area contributed by atoms with E-state index in [0.717, 1.165) is 0 Å². The summed E-state index contributed by atoms with van der Waals surface area (Å²) in [6.45, 7) is 7.04. The Hall–Kier alpha value is -0.650. The van der Waals surface area contributed by atoms with Gasteiger partial charge in [-0.15, -0.1) is 0 Å². The lowest BCUT2D eigenvalue weighted by atomic mass is 10.1. The lowest BCUT2D eigenvalue weighted by molar-refractivity contribution is -0.136. The number of rotatable bonds is 9. The first-order chi connectivity index (χ1) is 7.65. The van der Waals surface area contributed by atoms with Gasteiger partial charge < -0.3 is 20.1 Å². The highest BCUT2D eigenvalue weighted by molar-refractivity contribution is 5.77. The van der Waals surface area contributed by atoms with Crippen molar-refractivity contribution in [1.82, 2.24) is 4.90 Å². The van der Waals surface area contributed by atoms with Crippen molar-refractivity contribution in [1.29, 1.82) is 0 Å². The molecule has 0 saturated carbocycles. The molecule has 1 atom stereocenters. The molecule has 0 aromatic heterocycles. The number of likely N-dealkylation sites (N-methyl/N-ethyl adjacent to an activating group) is 1. The number of amides is 1. The fraction of sp³-hybridized carbons (Fsp3) is 0.909. The molecule has 1 amide bonds. The van der Waals surface area contributed by atoms with E-state index in [2.05, 4.69) is 0 Å². The van der Waals surface area contributed by atoms with Gasteiger partial charge in [-0.05, 0) is 19.4 Å². The molecule has 0 aromatic carbocycles. The number of ether oxygens (including phenoxy) is 2. The molecule has 0 spiro atoms. The molecule has 2 N–H and O–H groups in total. The largest absolute Gasteiger partial charge is 0.382 e. The summed E-state index contributed by atoms with van der Waals surface area (Å²) in [5, 5.41) is 0. The standard InChI is InChI=1S/C11H24N2O3/c1-4-13(8-10(2)7-12)11(14)9-16-6-5-15-3/h10H,4-9,12H2,1-3H3. The zero-order chi connectivity index (χ0) is 12.4. The first-order valence-electron chi connectivity index (χ1n) is 5.70. The summed E-state index contributed by atoms with van der Waals surface area (Å²) in [6, 6.07) is 0.